The van der Waals surface area contributed by atoms with Crippen LogP contribution in [0.15, 0.2) is 23.1 Å². The number of aromatic amines is 1. The molecule has 1 fully saturated rings. The fourth-order valence-corrected chi connectivity index (χ4v) is 6.03. The van der Waals surface area contributed by atoms with Gasteiger partial charge in [-0.2, -0.15) is 4.31 Å². The second-order valence-corrected chi connectivity index (χ2v) is 10.2. The fourth-order valence-electron chi connectivity index (χ4n) is 4.10. The van der Waals surface area contributed by atoms with Gasteiger partial charge in [0, 0.05) is 30.2 Å². The van der Waals surface area contributed by atoms with Crippen molar-refractivity contribution in [1.82, 2.24) is 9.29 Å². The van der Waals surface area contributed by atoms with Crippen molar-refractivity contribution >= 4 is 27.6 Å². The van der Waals surface area contributed by atoms with E-state index in [1.165, 1.54) is 4.31 Å². The zero-order valence-corrected chi connectivity index (χ0v) is 20.1. The molecule has 0 radical (unpaired) electrons. The number of hydrogen-bond acceptors (Lipinski definition) is 5. The van der Waals surface area contributed by atoms with E-state index in [9.17, 15) is 18.0 Å². The summed E-state index contributed by atoms with van der Waals surface area (Å²) in [5.41, 5.74) is 3.76. The van der Waals surface area contributed by atoms with Gasteiger partial charge < -0.3 is 15.0 Å². The Kier molecular flexibility index (Phi) is 7.09. The van der Waals surface area contributed by atoms with E-state index in [1.54, 1.807) is 20.8 Å². The normalized spacial score (nSPS) is 17.2. The molecule has 1 atom stereocenters. The Bertz CT molecular complexity index is 1140. The Morgan fingerprint density at radius 2 is 1.88 bits per heavy atom. The molecular weight excluding hydrogens is 430 g/mol. The van der Waals surface area contributed by atoms with E-state index in [0.717, 1.165) is 11.1 Å². The molecule has 0 saturated carbocycles. The summed E-state index contributed by atoms with van der Waals surface area (Å²) in [5, 5.41) is 2.91. The van der Waals surface area contributed by atoms with Gasteiger partial charge in [0.05, 0.1) is 12.5 Å². The minimum atomic E-state index is -4.00. The van der Waals surface area contributed by atoms with Crippen LogP contribution in [0.5, 0.6) is 0 Å². The number of carbonyl (C=O) groups is 2. The monoisotopic (exact) mass is 461 g/mol. The minimum absolute atomic E-state index is 0.0334. The zero-order chi connectivity index (χ0) is 23.6. The number of amides is 1. The highest BCUT2D eigenvalue weighted by Gasteiger charge is 2.38. The molecule has 1 aromatic carbocycles. The number of aromatic nitrogens is 1. The number of nitrogens with zero attached hydrogens (tertiary/aromatic N) is 1. The molecule has 174 valence electrons. The van der Waals surface area contributed by atoms with Crippen molar-refractivity contribution in [1.29, 1.82) is 0 Å². The van der Waals surface area contributed by atoms with Crippen LogP contribution in [0, 0.1) is 33.6 Å². The van der Waals surface area contributed by atoms with Gasteiger partial charge in [-0.1, -0.05) is 6.07 Å². The number of esters is 1. The van der Waals surface area contributed by atoms with Crippen molar-refractivity contribution in [3.63, 3.8) is 0 Å². The Balaban J connectivity index is 1.83. The lowest BCUT2D eigenvalue weighted by atomic mass is 9.98. The van der Waals surface area contributed by atoms with Crippen molar-refractivity contribution < 1.29 is 22.7 Å². The van der Waals surface area contributed by atoms with Crippen LogP contribution in [0.3, 0.4) is 0 Å². The number of H-pyrrole nitrogens is 1. The van der Waals surface area contributed by atoms with Crippen molar-refractivity contribution in [2.45, 2.75) is 52.4 Å². The molecule has 2 N–H and O–H groups in total. The number of sulfonamides is 1. The van der Waals surface area contributed by atoms with Crippen LogP contribution in [-0.2, 0) is 19.6 Å². The summed E-state index contributed by atoms with van der Waals surface area (Å²) in [5.74, 6) is -1.36. The van der Waals surface area contributed by atoms with Gasteiger partial charge in [-0.25, -0.2) is 13.2 Å². The van der Waals surface area contributed by atoms with E-state index in [1.807, 2.05) is 32.0 Å². The molecule has 1 unspecified atom stereocenters. The summed E-state index contributed by atoms with van der Waals surface area (Å²) < 4.78 is 33.4. The van der Waals surface area contributed by atoms with E-state index >= 15 is 0 Å². The topological polar surface area (TPSA) is 109 Å². The van der Waals surface area contributed by atoms with Gasteiger partial charge in [0.25, 0.3) is 0 Å². The van der Waals surface area contributed by atoms with Crippen molar-refractivity contribution in [2.24, 2.45) is 5.92 Å². The zero-order valence-electron chi connectivity index (χ0n) is 19.2. The largest absolute Gasteiger partial charge is 0.462 e. The van der Waals surface area contributed by atoms with Crippen LogP contribution in [-0.4, -0.2) is 49.3 Å². The van der Waals surface area contributed by atoms with Crippen LogP contribution in [0.2, 0.25) is 0 Å². The van der Waals surface area contributed by atoms with Crippen LogP contribution in [0.25, 0.3) is 0 Å². The molecule has 0 aliphatic carbocycles. The molecule has 3 rings (SSSR count). The summed E-state index contributed by atoms with van der Waals surface area (Å²) in [4.78, 5) is 28.2. The van der Waals surface area contributed by atoms with Gasteiger partial charge >= 0.3 is 5.97 Å². The number of carbonyl (C=O) groups excluding carboxylic acids is 2. The van der Waals surface area contributed by atoms with Crippen molar-refractivity contribution in [3.8, 4) is 0 Å². The molecule has 2 heterocycles. The van der Waals surface area contributed by atoms with Gasteiger partial charge in [0.2, 0.25) is 15.9 Å². The standard InChI is InChI=1S/C23H31N3O5S/c1-6-31-23(28)20-16(4)24-17(5)21(20)32(29,30)26-11-7-8-18(13-26)22(27)25-19-10-9-14(2)15(3)12-19/h9-10,12,18,24H,6-8,11,13H2,1-5H3,(H,25,27). The molecule has 1 amide bonds. The Morgan fingerprint density at radius 3 is 2.53 bits per heavy atom. The summed E-state index contributed by atoms with van der Waals surface area (Å²) in [6, 6.07) is 5.69. The van der Waals surface area contributed by atoms with E-state index in [2.05, 4.69) is 10.3 Å². The molecule has 0 bridgehead atoms. The number of piperidine rings is 1. The Hall–Kier alpha value is -2.65. The van der Waals surface area contributed by atoms with Gasteiger partial charge in [0.1, 0.15) is 10.5 Å². The van der Waals surface area contributed by atoms with E-state index in [4.69, 9.17) is 4.74 Å². The fraction of sp³-hybridized carbons (Fsp3) is 0.478. The van der Waals surface area contributed by atoms with Crippen LogP contribution in [0.4, 0.5) is 5.69 Å². The van der Waals surface area contributed by atoms with E-state index < -0.39 is 21.9 Å². The Labute approximate surface area is 189 Å². The molecular formula is C23H31N3O5S. The highest BCUT2D eigenvalue weighted by atomic mass is 32.2. The Morgan fingerprint density at radius 1 is 1.16 bits per heavy atom. The first-order chi connectivity index (χ1) is 15.1. The van der Waals surface area contributed by atoms with Gasteiger partial charge in [-0.3, -0.25) is 4.79 Å². The highest BCUT2D eigenvalue weighted by molar-refractivity contribution is 7.89. The summed E-state index contributed by atoms with van der Waals surface area (Å²) >= 11 is 0. The van der Waals surface area contributed by atoms with Crippen molar-refractivity contribution in [2.75, 3.05) is 25.0 Å². The number of rotatable bonds is 6. The molecule has 1 saturated heterocycles. The summed E-state index contributed by atoms with van der Waals surface area (Å²) in [6.45, 7) is 9.41. The molecule has 1 aromatic heterocycles. The average molecular weight is 462 g/mol. The van der Waals surface area contributed by atoms with Crippen LogP contribution in [0.1, 0.15) is 52.6 Å². The predicted octanol–water partition coefficient (Wildman–Crippen LogP) is 3.46. The number of ether oxygens (including phenoxy) is 1. The first-order valence-electron chi connectivity index (χ1n) is 10.8. The van der Waals surface area contributed by atoms with Crippen LogP contribution < -0.4 is 5.32 Å². The maximum atomic E-state index is 13.5. The smallest absolute Gasteiger partial charge is 0.341 e. The third kappa shape index (κ3) is 4.73. The summed E-state index contributed by atoms with van der Waals surface area (Å²) in [6.07, 6.45) is 1.15. The molecule has 8 nitrogen and oxygen atoms in total. The maximum absolute atomic E-state index is 13.5. The predicted molar refractivity (Wildman–Crippen MR) is 122 cm³/mol. The molecule has 1 aliphatic heterocycles. The first-order valence-corrected chi connectivity index (χ1v) is 12.2. The number of anilines is 1. The van der Waals surface area contributed by atoms with Gasteiger partial charge in [-0.05, 0) is 70.7 Å². The third-order valence-corrected chi connectivity index (χ3v) is 7.96. The molecule has 1 aliphatic rings. The van der Waals surface area contributed by atoms with Gasteiger partial charge in [0.15, 0.2) is 0 Å². The molecule has 32 heavy (non-hydrogen) atoms. The lowest BCUT2D eigenvalue weighted by molar-refractivity contribution is -0.120. The number of aryl methyl sites for hydroxylation is 4. The van der Waals surface area contributed by atoms with Crippen LogP contribution >= 0.6 is 0 Å². The average Bonchev–Trinajstić information content (AvgIpc) is 3.05. The first kappa shape index (κ1) is 24.0. The highest BCUT2D eigenvalue weighted by Crippen LogP contribution is 2.31. The third-order valence-electron chi connectivity index (χ3n) is 5.92. The molecule has 2 aromatic rings. The summed E-state index contributed by atoms with van der Waals surface area (Å²) in [7, 11) is -4.00. The second-order valence-electron chi connectivity index (χ2n) is 8.29. The van der Waals surface area contributed by atoms with Crippen molar-refractivity contribution in [3.05, 3.63) is 46.3 Å². The molecule has 9 heteroatoms. The second kappa shape index (κ2) is 9.46. The number of hydrogen-bond donors (Lipinski definition) is 2. The number of benzene rings is 1. The maximum Gasteiger partial charge on any atom is 0.341 e. The molecule has 0 spiro atoms. The lowest BCUT2D eigenvalue weighted by Crippen LogP contribution is -2.44. The van der Waals surface area contributed by atoms with Gasteiger partial charge in [-0.15, -0.1) is 0 Å². The van der Waals surface area contributed by atoms with E-state index in [0.29, 0.717) is 36.5 Å². The SMILES string of the molecule is CCOC(=O)c1c(C)[nH]c(C)c1S(=O)(=O)N1CCCC(C(=O)Nc2ccc(C)c(C)c2)C1. The lowest BCUT2D eigenvalue weighted by Gasteiger charge is -2.31. The minimum Gasteiger partial charge on any atom is -0.462 e. The number of nitrogens with one attached hydrogen (secondary N) is 2. The quantitative estimate of drug-likeness (QED) is 0.641. The van der Waals surface area contributed by atoms with E-state index in [-0.39, 0.29) is 29.5 Å².